The largest absolute Gasteiger partial charge is 0.504 e. The molecular weight excluding hydrogens is 208 g/mol. The summed E-state index contributed by atoms with van der Waals surface area (Å²) in [4.78, 5) is 13.3. The van der Waals surface area contributed by atoms with Gasteiger partial charge in [0.25, 0.3) is 5.91 Å². The maximum Gasteiger partial charge on any atom is 0.257 e. The number of phenolic OH excluding ortho intramolecular Hbond substituents is 2. The summed E-state index contributed by atoms with van der Waals surface area (Å²) in [5.41, 5.74) is 5.64. The van der Waals surface area contributed by atoms with E-state index >= 15 is 0 Å². The van der Waals surface area contributed by atoms with Crippen LogP contribution in [0.4, 0.5) is 0 Å². The number of benzene rings is 1. The Hall–Kier alpha value is -1.75. The van der Waals surface area contributed by atoms with Crippen molar-refractivity contribution in [2.45, 2.75) is 13.0 Å². The van der Waals surface area contributed by atoms with E-state index in [1.165, 1.54) is 23.1 Å². The van der Waals surface area contributed by atoms with Crippen LogP contribution in [-0.2, 0) is 0 Å². The van der Waals surface area contributed by atoms with Crippen LogP contribution in [0, 0.1) is 0 Å². The zero-order valence-electron chi connectivity index (χ0n) is 9.34. The van der Waals surface area contributed by atoms with Gasteiger partial charge in [0.05, 0.1) is 5.56 Å². The summed E-state index contributed by atoms with van der Waals surface area (Å²) in [5.74, 6) is -1.07. The molecule has 0 fully saturated rings. The van der Waals surface area contributed by atoms with Crippen molar-refractivity contribution in [3.8, 4) is 11.5 Å². The highest BCUT2D eigenvalue weighted by Gasteiger charge is 2.18. The van der Waals surface area contributed by atoms with Crippen LogP contribution in [-0.4, -0.2) is 40.7 Å². The van der Waals surface area contributed by atoms with E-state index in [4.69, 9.17) is 5.73 Å². The smallest absolute Gasteiger partial charge is 0.257 e. The zero-order chi connectivity index (χ0) is 12.3. The average molecular weight is 224 g/mol. The highest BCUT2D eigenvalue weighted by atomic mass is 16.3. The fourth-order valence-electron chi connectivity index (χ4n) is 1.42. The maximum atomic E-state index is 11.9. The number of carbonyl (C=O) groups excluding carboxylic acids is 1. The Morgan fingerprint density at radius 2 is 2.12 bits per heavy atom. The molecule has 1 atom stereocenters. The molecule has 1 aromatic carbocycles. The lowest BCUT2D eigenvalue weighted by Crippen LogP contribution is -2.36. The molecule has 1 aromatic rings. The van der Waals surface area contributed by atoms with Crippen LogP contribution in [0.25, 0.3) is 0 Å². The molecular formula is C11H16N2O3. The first kappa shape index (κ1) is 12.3. The molecule has 5 nitrogen and oxygen atoms in total. The second-order valence-corrected chi connectivity index (χ2v) is 3.84. The Labute approximate surface area is 94.1 Å². The van der Waals surface area contributed by atoms with E-state index in [2.05, 4.69) is 0 Å². The molecule has 1 rings (SSSR count). The fraction of sp³-hybridized carbons (Fsp3) is 0.364. The summed E-state index contributed by atoms with van der Waals surface area (Å²) in [6.45, 7) is 2.17. The minimum Gasteiger partial charge on any atom is -0.504 e. The van der Waals surface area contributed by atoms with E-state index in [1.807, 2.05) is 0 Å². The Morgan fingerprint density at radius 1 is 1.50 bits per heavy atom. The first-order valence-electron chi connectivity index (χ1n) is 4.95. The molecule has 0 saturated carbocycles. The number of nitrogens with two attached hydrogens (primary N) is 1. The van der Waals surface area contributed by atoms with Crippen molar-refractivity contribution in [1.29, 1.82) is 0 Å². The molecule has 1 amide bonds. The molecule has 0 aliphatic carbocycles. The van der Waals surface area contributed by atoms with Crippen LogP contribution in [0.2, 0.25) is 0 Å². The van der Waals surface area contributed by atoms with Gasteiger partial charge in [0.1, 0.15) is 0 Å². The lowest BCUT2D eigenvalue weighted by Gasteiger charge is -2.19. The lowest BCUT2D eigenvalue weighted by atomic mass is 10.1. The maximum absolute atomic E-state index is 11.9. The number of rotatable bonds is 3. The summed E-state index contributed by atoms with van der Waals surface area (Å²) in [5, 5.41) is 18.8. The lowest BCUT2D eigenvalue weighted by molar-refractivity contribution is 0.0785. The Morgan fingerprint density at radius 3 is 2.69 bits per heavy atom. The minimum absolute atomic E-state index is 0.0724. The summed E-state index contributed by atoms with van der Waals surface area (Å²) >= 11 is 0. The topological polar surface area (TPSA) is 86.8 Å². The van der Waals surface area contributed by atoms with Crippen molar-refractivity contribution >= 4 is 5.91 Å². The van der Waals surface area contributed by atoms with Crippen LogP contribution in [0.3, 0.4) is 0 Å². The molecule has 16 heavy (non-hydrogen) atoms. The molecule has 0 aliphatic rings. The molecule has 0 spiro atoms. The third-order valence-electron chi connectivity index (χ3n) is 2.15. The second kappa shape index (κ2) is 4.85. The number of carbonyl (C=O) groups is 1. The molecule has 0 heterocycles. The first-order valence-corrected chi connectivity index (χ1v) is 4.95. The van der Waals surface area contributed by atoms with Crippen molar-refractivity contribution in [1.82, 2.24) is 4.90 Å². The predicted molar refractivity (Wildman–Crippen MR) is 60.4 cm³/mol. The molecule has 1 unspecified atom stereocenters. The number of hydrogen-bond acceptors (Lipinski definition) is 4. The second-order valence-electron chi connectivity index (χ2n) is 3.84. The van der Waals surface area contributed by atoms with Crippen molar-refractivity contribution < 1.29 is 15.0 Å². The van der Waals surface area contributed by atoms with E-state index in [1.54, 1.807) is 14.0 Å². The van der Waals surface area contributed by atoms with Gasteiger partial charge in [-0.05, 0) is 19.1 Å². The SMILES string of the molecule is CC(N)CN(C)C(=O)c1cccc(O)c1O. The third-order valence-corrected chi connectivity index (χ3v) is 2.15. The number of amides is 1. The van der Waals surface area contributed by atoms with E-state index in [0.717, 1.165) is 0 Å². The molecule has 5 heteroatoms. The van der Waals surface area contributed by atoms with Crippen molar-refractivity contribution in [3.05, 3.63) is 23.8 Å². The van der Waals surface area contributed by atoms with Gasteiger partial charge in [-0.3, -0.25) is 4.79 Å². The van der Waals surface area contributed by atoms with Crippen LogP contribution in [0.1, 0.15) is 17.3 Å². The van der Waals surface area contributed by atoms with Crippen molar-refractivity contribution in [3.63, 3.8) is 0 Å². The summed E-state index contributed by atoms with van der Waals surface area (Å²) < 4.78 is 0. The monoisotopic (exact) mass is 224 g/mol. The Bertz CT molecular complexity index is 391. The van der Waals surface area contributed by atoms with Gasteiger partial charge in [-0.2, -0.15) is 0 Å². The van der Waals surface area contributed by atoms with Gasteiger partial charge in [-0.15, -0.1) is 0 Å². The molecule has 0 aliphatic heterocycles. The minimum atomic E-state index is -0.399. The van der Waals surface area contributed by atoms with Crippen molar-refractivity contribution in [2.75, 3.05) is 13.6 Å². The van der Waals surface area contributed by atoms with Gasteiger partial charge >= 0.3 is 0 Å². The van der Waals surface area contributed by atoms with Gasteiger partial charge in [-0.1, -0.05) is 6.07 Å². The van der Waals surface area contributed by atoms with E-state index in [9.17, 15) is 15.0 Å². The number of aromatic hydroxyl groups is 2. The summed E-state index contributed by atoms with van der Waals surface area (Å²) in [7, 11) is 1.59. The highest BCUT2D eigenvalue weighted by Crippen LogP contribution is 2.28. The normalized spacial score (nSPS) is 12.2. The Kier molecular flexibility index (Phi) is 3.73. The molecule has 0 aromatic heterocycles. The van der Waals surface area contributed by atoms with Gasteiger partial charge in [0.15, 0.2) is 11.5 Å². The number of para-hydroxylation sites is 1. The zero-order valence-corrected chi connectivity index (χ0v) is 9.34. The average Bonchev–Trinajstić information content (AvgIpc) is 2.20. The molecule has 88 valence electrons. The van der Waals surface area contributed by atoms with Gasteiger partial charge in [0.2, 0.25) is 0 Å². The van der Waals surface area contributed by atoms with E-state index in [-0.39, 0.29) is 23.3 Å². The standard InChI is InChI=1S/C11H16N2O3/c1-7(12)6-13(2)11(16)8-4-3-5-9(14)10(8)15/h3-5,7,14-15H,6,12H2,1-2H3. The van der Waals surface area contributed by atoms with Crippen LogP contribution >= 0.6 is 0 Å². The fourth-order valence-corrected chi connectivity index (χ4v) is 1.42. The van der Waals surface area contributed by atoms with Crippen LogP contribution in [0.15, 0.2) is 18.2 Å². The molecule has 0 bridgehead atoms. The number of hydrogen-bond donors (Lipinski definition) is 3. The van der Waals surface area contributed by atoms with Crippen LogP contribution < -0.4 is 5.73 Å². The Balaban J connectivity index is 2.92. The van der Waals surface area contributed by atoms with Gasteiger partial charge in [0, 0.05) is 19.6 Å². The summed E-state index contributed by atoms with van der Waals surface area (Å²) in [6, 6.07) is 4.13. The highest BCUT2D eigenvalue weighted by molar-refractivity contribution is 5.97. The molecule has 0 radical (unpaired) electrons. The third kappa shape index (κ3) is 2.64. The van der Waals surface area contributed by atoms with Gasteiger partial charge in [-0.25, -0.2) is 0 Å². The predicted octanol–water partition coefficient (Wildman–Crippen LogP) is 0.517. The number of phenols is 2. The first-order chi connectivity index (χ1) is 7.43. The van der Waals surface area contributed by atoms with E-state index < -0.39 is 5.75 Å². The van der Waals surface area contributed by atoms with Crippen molar-refractivity contribution in [2.24, 2.45) is 5.73 Å². The molecule has 4 N–H and O–H groups in total. The number of likely N-dealkylation sites (N-methyl/N-ethyl adjacent to an activating group) is 1. The molecule has 0 saturated heterocycles. The number of nitrogens with zero attached hydrogens (tertiary/aromatic N) is 1. The van der Waals surface area contributed by atoms with Crippen LogP contribution in [0.5, 0.6) is 11.5 Å². The van der Waals surface area contributed by atoms with E-state index in [0.29, 0.717) is 6.54 Å². The summed E-state index contributed by atoms with van der Waals surface area (Å²) in [6.07, 6.45) is 0. The van der Waals surface area contributed by atoms with Gasteiger partial charge < -0.3 is 20.8 Å². The quantitative estimate of drug-likeness (QED) is 0.653.